The molecule has 12 heteroatoms. The number of amides is 2. The molecule has 2 amide bonds. The summed E-state index contributed by atoms with van der Waals surface area (Å²) >= 11 is 12.9. The van der Waals surface area contributed by atoms with Crippen molar-refractivity contribution < 1.29 is 27.5 Å². The molecule has 226 valence electrons. The number of carbonyl (C=O) groups excluding carboxylic acids is 2. The van der Waals surface area contributed by atoms with Crippen molar-refractivity contribution in [2.45, 2.75) is 50.7 Å². The average molecular weight is 637 g/mol. The number of hydrogen-bond acceptors (Lipinski definition) is 6. The van der Waals surface area contributed by atoms with Gasteiger partial charge in [-0.1, -0.05) is 54.4 Å². The third-order valence-electron chi connectivity index (χ3n) is 6.82. The molecule has 42 heavy (non-hydrogen) atoms. The first-order chi connectivity index (χ1) is 19.9. The fourth-order valence-corrected chi connectivity index (χ4v) is 6.07. The van der Waals surface area contributed by atoms with E-state index in [9.17, 15) is 18.0 Å². The Morgan fingerprint density at radius 1 is 0.905 bits per heavy atom. The summed E-state index contributed by atoms with van der Waals surface area (Å²) in [6.45, 7) is 4.60. The summed E-state index contributed by atoms with van der Waals surface area (Å²) in [5, 5.41) is 3.51. The van der Waals surface area contributed by atoms with Crippen molar-refractivity contribution in [2.75, 3.05) is 25.1 Å². The van der Waals surface area contributed by atoms with Gasteiger partial charge in [0.1, 0.15) is 12.6 Å². The number of sulfonamides is 1. The average Bonchev–Trinajstić information content (AvgIpc) is 2.99. The highest BCUT2D eigenvalue weighted by Gasteiger charge is 2.33. The molecule has 1 N–H and O–H groups in total. The highest BCUT2D eigenvalue weighted by atomic mass is 35.5. The van der Waals surface area contributed by atoms with Gasteiger partial charge in [0.2, 0.25) is 11.8 Å². The molecule has 2 unspecified atom stereocenters. The summed E-state index contributed by atoms with van der Waals surface area (Å²) in [6, 6.07) is 16.1. The van der Waals surface area contributed by atoms with Crippen molar-refractivity contribution >= 4 is 50.7 Å². The van der Waals surface area contributed by atoms with E-state index in [1.165, 1.54) is 43.4 Å². The maximum Gasteiger partial charge on any atom is 0.264 e. The first-order valence-corrected chi connectivity index (χ1v) is 15.5. The highest BCUT2D eigenvalue weighted by molar-refractivity contribution is 7.92. The Kier molecular flexibility index (Phi) is 11.5. The molecule has 0 bridgehead atoms. The van der Waals surface area contributed by atoms with Gasteiger partial charge >= 0.3 is 0 Å². The molecule has 3 aromatic carbocycles. The lowest BCUT2D eigenvalue weighted by molar-refractivity contribution is -0.139. The molecule has 0 aromatic heterocycles. The first-order valence-electron chi connectivity index (χ1n) is 13.3. The third-order valence-corrected chi connectivity index (χ3v) is 9.32. The van der Waals surface area contributed by atoms with E-state index >= 15 is 0 Å². The number of methoxy groups -OCH3 is 2. The quantitative estimate of drug-likeness (QED) is 0.264. The Morgan fingerprint density at radius 2 is 1.52 bits per heavy atom. The van der Waals surface area contributed by atoms with E-state index in [0.29, 0.717) is 27.8 Å². The molecule has 0 aliphatic carbocycles. The van der Waals surface area contributed by atoms with Crippen LogP contribution >= 0.6 is 23.2 Å². The van der Waals surface area contributed by atoms with Gasteiger partial charge in [0.15, 0.2) is 11.5 Å². The summed E-state index contributed by atoms with van der Waals surface area (Å²) in [5.41, 5.74) is 0.596. The van der Waals surface area contributed by atoms with E-state index in [-0.39, 0.29) is 28.9 Å². The van der Waals surface area contributed by atoms with Gasteiger partial charge in [0.25, 0.3) is 10.0 Å². The molecule has 0 spiro atoms. The van der Waals surface area contributed by atoms with Gasteiger partial charge in [-0.25, -0.2) is 8.42 Å². The van der Waals surface area contributed by atoms with Crippen molar-refractivity contribution in [3.8, 4) is 11.5 Å². The fourth-order valence-electron chi connectivity index (χ4n) is 4.13. The number of nitrogens with one attached hydrogen (secondary N) is 1. The minimum absolute atomic E-state index is 0.0177. The molecule has 0 aliphatic rings. The van der Waals surface area contributed by atoms with Gasteiger partial charge in [-0.05, 0) is 56.7 Å². The maximum atomic E-state index is 14.1. The highest BCUT2D eigenvalue weighted by Crippen LogP contribution is 2.34. The maximum absolute atomic E-state index is 14.1. The molecule has 0 aliphatic heterocycles. The van der Waals surface area contributed by atoms with Crippen molar-refractivity contribution in [1.29, 1.82) is 0 Å². The Bertz CT molecular complexity index is 1480. The second kappa shape index (κ2) is 14.6. The van der Waals surface area contributed by atoms with Gasteiger partial charge in [-0.15, -0.1) is 0 Å². The molecule has 2 atom stereocenters. The van der Waals surface area contributed by atoms with E-state index < -0.39 is 34.4 Å². The molecule has 0 saturated carbocycles. The topological polar surface area (TPSA) is 105 Å². The van der Waals surface area contributed by atoms with Crippen LogP contribution in [0.2, 0.25) is 10.0 Å². The van der Waals surface area contributed by atoms with Crippen molar-refractivity contribution in [2.24, 2.45) is 0 Å². The summed E-state index contributed by atoms with van der Waals surface area (Å²) in [7, 11) is -1.36. The molecule has 3 rings (SSSR count). The number of benzene rings is 3. The van der Waals surface area contributed by atoms with Gasteiger partial charge in [-0.3, -0.25) is 13.9 Å². The number of hydrogen-bond donors (Lipinski definition) is 1. The smallest absolute Gasteiger partial charge is 0.264 e. The van der Waals surface area contributed by atoms with E-state index in [0.717, 1.165) is 4.31 Å². The minimum Gasteiger partial charge on any atom is -0.493 e. The van der Waals surface area contributed by atoms with Gasteiger partial charge in [0.05, 0.1) is 24.8 Å². The summed E-state index contributed by atoms with van der Waals surface area (Å²) in [5.74, 6) is -0.386. The van der Waals surface area contributed by atoms with Crippen molar-refractivity contribution in [1.82, 2.24) is 10.2 Å². The molecule has 0 fully saturated rings. The van der Waals surface area contributed by atoms with Gasteiger partial charge in [-0.2, -0.15) is 0 Å². The normalized spacial score (nSPS) is 12.6. The predicted octanol–water partition coefficient (Wildman–Crippen LogP) is 5.54. The minimum atomic E-state index is -4.25. The van der Waals surface area contributed by atoms with Crippen molar-refractivity contribution in [3.63, 3.8) is 0 Å². The van der Waals surface area contributed by atoms with Crippen LogP contribution in [0.1, 0.15) is 32.8 Å². The molecular weight excluding hydrogens is 601 g/mol. The summed E-state index contributed by atoms with van der Waals surface area (Å²) < 4.78 is 39.6. The monoisotopic (exact) mass is 635 g/mol. The number of anilines is 1. The number of rotatable bonds is 13. The molecule has 3 aromatic rings. The standard InChI is InChI=1S/C30H35Cl2N3O6S/c1-6-20(2)33-30(37)21(3)34(18-24-25(31)13-10-14-26(24)32)29(36)19-35(42(38,39)23-11-8-7-9-12-23)22-15-16-27(40-4)28(17-22)41-5/h7-17,20-21H,6,18-19H2,1-5H3,(H,33,37). The number of ether oxygens (including phenoxy) is 2. The second-order valence-corrected chi connectivity index (χ2v) is 12.3. The van der Waals surface area contributed by atoms with Crippen molar-refractivity contribution in [3.05, 3.63) is 82.3 Å². The van der Waals surface area contributed by atoms with Crippen LogP contribution in [0.25, 0.3) is 0 Å². The summed E-state index contributed by atoms with van der Waals surface area (Å²) in [4.78, 5) is 28.6. The lowest BCUT2D eigenvalue weighted by Crippen LogP contribution is -2.52. The van der Waals surface area contributed by atoms with Gasteiger partial charge in [0, 0.05) is 34.3 Å². The zero-order valence-corrected chi connectivity index (χ0v) is 26.5. The zero-order chi connectivity index (χ0) is 31.0. The molecule has 0 saturated heterocycles. The lowest BCUT2D eigenvalue weighted by atomic mass is 10.1. The van der Waals surface area contributed by atoms with Gasteiger partial charge < -0.3 is 19.7 Å². The zero-order valence-electron chi connectivity index (χ0n) is 24.1. The molecular formula is C30H35Cl2N3O6S. The van der Waals surface area contributed by atoms with Crippen LogP contribution in [-0.2, 0) is 26.2 Å². The molecule has 9 nitrogen and oxygen atoms in total. The van der Waals surface area contributed by atoms with Crippen LogP contribution in [0.3, 0.4) is 0 Å². The van der Waals surface area contributed by atoms with Crippen LogP contribution in [0.5, 0.6) is 11.5 Å². The number of carbonyl (C=O) groups is 2. The summed E-state index contributed by atoms with van der Waals surface area (Å²) in [6.07, 6.45) is 0.686. The van der Waals surface area contributed by atoms with Crippen LogP contribution in [-0.4, -0.2) is 58.0 Å². The molecule has 0 radical (unpaired) electrons. The van der Waals surface area contributed by atoms with Crippen LogP contribution in [0.4, 0.5) is 5.69 Å². The Morgan fingerprint density at radius 3 is 2.10 bits per heavy atom. The Labute approximate surface area is 257 Å². The Balaban J connectivity index is 2.11. The van der Waals surface area contributed by atoms with E-state index in [1.54, 1.807) is 49.4 Å². The number of nitrogens with zero attached hydrogens (tertiary/aromatic N) is 2. The van der Waals surface area contributed by atoms with E-state index in [2.05, 4.69) is 5.32 Å². The Hall–Kier alpha value is -3.47. The SMILES string of the molecule is CCC(C)NC(=O)C(C)N(Cc1c(Cl)cccc1Cl)C(=O)CN(c1ccc(OC)c(OC)c1)S(=O)(=O)c1ccccc1. The number of halogens is 2. The first kappa shape index (κ1) is 33.0. The van der Waals surface area contributed by atoms with E-state index in [1.807, 2.05) is 13.8 Å². The second-order valence-electron chi connectivity index (χ2n) is 9.58. The predicted molar refractivity (Wildman–Crippen MR) is 165 cm³/mol. The molecule has 0 heterocycles. The fraction of sp³-hybridized carbons (Fsp3) is 0.333. The third kappa shape index (κ3) is 7.67. The largest absolute Gasteiger partial charge is 0.493 e. The van der Waals surface area contributed by atoms with Crippen LogP contribution in [0, 0.1) is 0 Å². The lowest BCUT2D eigenvalue weighted by Gasteiger charge is -2.33. The van der Waals surface area contributed by atoms with Crippen LogP contribution < -0.4 is 19.1 Å². The van der Waals surface area contributed by atoms with E-state index in [4.69, 9.17) is 32.7 Å². The van der Waals surface area contributed by atoms with Crippen LogP contribution in [0.15, 0.2) is 71.6 Å².